The third-order valence-electron chi connectivity index (χ3n) is 1.35. The molecule has 0 fully saturated rings. The van der Waals surface area contributed by atoms with E-state index >= 15 is 0 Å². The zero-order chi connectivity index (χ0) is 12.5. The molecule has 5 nitrogen and oxygen atoms in total. The Balaban J connectivity index is 0. The molecule has 0 aliphatic rings. The molecule has 0 saturated heterocycles. The van der Waals surface area contributed by atoms with Gasteiger partial charge in [-0.15, -0.1) is 0 Å². The number of rotatable bonds is 3. The second kappa shape index (κ2) is 5.72. The van der Waals surface area contributed by atoms with E-state index in [0.717, 1.165) is 0 Å². The summed E-state index contributed by atoms with van der Waals surface area (Å²) in [7, 11) is -5.80. The fourth-order valence-electron chi connectivity index (χ4n) is 0.438. The minimum atomic E-state index is -5.80. The summed E-state index contributed by atoms with van der Waals surface area (Å²) in [4.78, 5) is 11.0. The van der Waals surface area contributed by atoms with Crippen molar-refractivity contribution in [1.82, 2.24) is 0 Å². The monoisotopic (exact) mass is 268 g/mol. The van der Waals surface area contributed by atoms with Gasteiger partial charge in [0, 0.05) is 0 Å². The number of hydrogen-bond acceptors (Lipinski definition) is 5. The first kappa shape index (κ1) is 18.6. The van der Waals surface area contributed by atoms with Crippen LogP contribution >= 0.6 is 0 Å². The van der Waals surface area contributed by atoms with Crippen molar-refractivity contribution in [3.63, 3.8) is 0 Å². The molecule has 0 N–H and O–H groups in total. The summed E-state index contributed by atoms with van der Waals surface area (Å²) < 4.78 is 59.1. The van der Waals surface area contributed by atoms with Gasteiger partial charge < -0.3 is 9.29 Å². The zero-order valence-electron chi connectivity index (χ0n) is 9.41. The van der Waals surface area contributed by atoms with E-state index in [1.165, 1.54) is 20.8 Å². The molecule has 0 heterocycles. The van der Waals surface area contributed by atoms with Crippen molar-refractivity contribution in [3.05, 3.63) is 0 Å². The fourth-order valence-corrected chi connectivity index (χ4v) is 0.642. The maximum absolute atomic E-state index is 12.5. The van der Waals surface area contributed by atoms with Crippen LogP contribution in [0.2, 0.25) is 0 Å². The standard InChI is InChI=1S/C7H12F2O5S.Na/c1-6(2,3)5(10)14-4-7(8,9)15(11,12)13;/h4H2,1-3H3,(H,11,12,13);/q;+1/p-1. The molecule has 0 aromatic heterocycles. The molecule has 0 aromatic carbocycles. The van der Waals surface area contributed by atoms with E-state index in [9.17, 15) is 26.5 Å². The minimum absolute atomic E-state index is 0. The molecule has 0 rings (SSSR count). The topological polar surface area (TPSA) is 83.5 Å². The summed E-state index contributed by atoms with van der Waals surface area (Å²) in [6.45, 7) is 2.45. The number of carbonyl (C=O) groups excluding carboxylic acids is 1. The Bertz CT molecular complexity index is 346. The molecule has 16 heavy (non-hydrogen) atoms. The zero-order valence-corrected chi connectivity index (χ0v) is 12.2. The van der Waals surface area contributed by atoms with Gasteiger partial charge in [-0.3, -0.25) is 4.79 Å². The van der Waals surface area contributed by atoms with Crippen LogP contribution in [-0.4, -0.2) is 30.8 Å². The van der Waals surface area contributed by atoms with Gasteiger partial charge >= 0.3 is 40.8 Å². The van der Waals surface area contributed by atoms with E-state index in [1.807, 2.05) is 0 Å². The largest absolute Gasteiger partial charge is 1.00 e. The first-order valence-electron chi connectivity index (χ1n) is 3.88. The van der Waals surface area contributed by atoms with Gasteiger partial charge in [-0.05, 0) is 20.8 Å². The Morgan fingerprint density at radius 3 is 1.94 bits per heavy atom. The first-order valence-corrected chi connectivity index (χ1v) is 5.29. The third kappa shape index (κ3) is 5.53. The molecule has 0 unspecified atom stereocenters. The van der Waals surface area contributed by atoms with Crippen LogP contribution in [0.3, 0.4) is 0 Å². The summed E-state index contributed by atoms with van der Waals surface area (Å²) in [5, 5.41) is -4.59. The molecule has 9 heteroatoms. The molecule has 0 aliphatic carbocycles. The van der Waals surface area contributed by atoms with Crippen molar-refractivity contribution in [1.29, 1.82) is 0 Å². The molecule has 0 atom stereocenters. The Morgan fingerprint density at radius 2 is 1.69 bits per heavy atom. The number of alkyl halides is 2. The summed E-state index contributed by atoms with van der Waals surface area (Å²) in [6.07, 6.45) is 0. The van der Waals surface area contributed by atoms with Crippen LogP contribution < -0.4 is 29.6 Å². The number of esters is 1. The van der Waals surface area contributed by atoms with E-state index < -0.39 is 33.4 Å². The van der Waals surface area contributed by atoms with E-state index in [1.54, 1.807) is 0 Å². The van der Waals surface area contributed by atoms with Gasteiger partial charge in [0.25, 0.3) is 0 Å². The Kier molecular flexibility index (Phi) is 6.65. The van der Waals surface area contributed by atoms with Gasteiger partial charge in [-0.25, -0.2) is 8.42 Å². The maximum atomic E-state index is 12.5. The van der Waals surface area contributed by atoms with Crippen LogP contribution in [0.1, 0.15) is 20.8 Å². The van der Waals surface area contributed by atoms with Crippen molar-refractivity contribution in [3.8, 4) is 0 Å². The Hall–Kier alpha value is 0.240. The average molecular weight is 268 g/mol. The van der Waals surface area contributed by atoms with Gasteiger partial charge in [0.15, 0.2) is 16.7 Å². The number of hydrogen-bond donors (Lipinski definition) is 0. The quantitative estimate of drug-likeness (QED) is 0.327. The van der Waals surface area contributed by atoms with Gasteiger partial charge in [0.1, 0.15) is 0 Å². The first-order chi connectivity index (χ1) is 6.38. The molecule has 0 aliphatic heterocycles. The summed E-state index contributed by atoms with van der Waals surface area (Å²) >= 11 is 0. The molecule has 0 spiro atoms. The molecule has 0 radical (unpaired) electrons. The normalized spacial score (nSPS) is 12.9. The van der Waals surface area contributed by atoms with Crippen molar-refractivity contribution < 1.29 is 60.8 Å². The van der Waals surface area contributed by atoms with E-state index in [4.69, 9.17) is 0 Å². The molecular formula is C7H11F2NaO5S. The van der Waals surface area contributed by atoms with Crippen LogP contribution in [0, 0.1) is 5.41 Å². The SMILES string of the molecule is CC(C)(C)C(=O)OCC(F)(F)S(=O)(=O)[O-].[Na+]. The van der Waals surface area contributed by atoms with Crippen LogP contribution in [0.15, 0.2) is 0 Å². The second-order valence-electron chi connectivity index (χ2n) is 3.92. The maximum Gasteiger partial charge on any atom is 1.00 e. The predicted octanol–water partition coefficient (Wildman–Crippen LogP) is -2.28. The smallest absolute Gasteiger partial charge is 0.743 e. The van der Waals surface area contributed by atoms with Crippen molar-refractivity contribution in [2.45, 2.75) is 26.0 Å². The number of ether oxygens (including phenoxy) is 1. The van der Waals surface area contributed by atoms with Gasteiger partial charge in [0.2, 0.25) is 0 Å². The van der Waals surface area contributed by atoms with E-state index in [2.05, 4.69) is 4.74 Å². The van der Waals surface area contributed by atoms with Crippen molar-refractivity contribution in [2.24, 2.45) is 5.41 Å². The second-order valence-corrected chi connectivity index (χ2v) is 5.42. The van der Waals surface area contributed by atoms with Crippen LogP contribution in [0.4, 0.5) is 8.78 Å². The third-order valence-corrected chi connectivity index (χ3v) is 2.20. The van der Waals surface area contributed by atoms with E-state index in [0.29, 0.717) is 0 Å². The minimum Gasteiger partial charge on any atom is -0.743 e. The summed E-state index contributed by atoms with van der Waals surface area (Å²) in [5.74, 6) is -1.01. The number of halogens is 2. The Labute approximate surface area is 115 Å². The molecule has 90 valence electrons. The predicted molar refractivity (Wildman–Crippen MR) is 45.1 cm³/mol. The molecule has 0 amide bonds. The molecule has 0 bridgehead atoms. The van der Waals surface area contributed by atoms with Gasteiger partial charge in [-0.2, -0.15) is 8.78 Å². The van der Waals surface area contributed by atoms with E-state index in [-0.39, 0.29) is 29.6 Å². The molecular weight excluding hydrogens is 257 g/mol. The van der Waals surface area contributed by atoms with Crippen LogP contribution in [0.25, 0.3) is 0 Å². The summed E-state index contributed by atoms with van der Waals surface area (Å²) in [6, 6.07) is 0. The van der Waals surface area contributed by atoms with Crippen molar-refractivity contribution >= 4 is 16.1 Å². The van der Waals surface area contributed by atoms with Gasteiger partial charge in [0.05, 0.1) is 5.41 Å². The van der Waals surface area contributed by atoms with Crippen LogP contribution in [0.5, 0.6) is 0 Å². The number of carbonyl (C=O) groups is 1. The summed E-state index contributed by atoms with van der Waals surface area (Å²) in [5.41, 5.74) is -1.04. The van der Waals surface area contributed by atoms with Crippen LogP contribution in [-0.2, 0) is 19.6 Å². The molecule has 0 aromatic rings. The molecule has 0 saturated carbocycles. The Morgan fingerprint density at radius 1 is 1.31 bits per heavy atom. The van der Waals surface area contributed by atoms with Crippen molar-refractivity contribution in [2.75, 3.05) is 6.61 Å². The average Bonchev–Trinajstić information content (AvgIpc) is 1.96. The van der Waals surface area contributed by atoms with Gasteiger partial charge in [-0.1, -0.05) is 0 Å². The fraction of sp³-hybridized carbons (Fsp3) is 0.857.